The van der Waals surface area contributed by atoms with Crippen molar-refractivity contribution in [2.75, 3.05) is 32.1 Å². The van der Waals surface area contributed by atoms with E-state index in [-0.39, 0.29) is 24.2 Å². The quantitative estimate of drug-likeness (QED) is 0.865. The maximum Gasteiger partial charge on any atom is 0.230 e. The molecule has 2 rings (SSSR count). The van der Waals surface area contributed by atoms with Crippen LogP contribution in [-0.4, -0.2) is 48.5 Å². The van der Waals surface area contributed by atoms with Gasteiger partial charge in [0.1, 0.15) is 5.82 Å². The van der Waals surface area contributed by atoms with Crippen LogP contribution in [0.15, 0.2) is 18.3 Å². The van der Waals surface area contributed by atoms with Crippen LogP contribution >= 0.6 is 0 Å². The van der Waals surface area contributed by atoms with Crippen LogP contribution in [0, 0.1) is 12.8 Å². The van der Waals surface area contributed by atoms with Gasteiger partial charge in [0.05, 0.1) is 12.5 Å². The Hall–Kier alpha value is -1.95. The van der Waals surface area contributed by atoms with Crippen molar-refractivity contribution in [3.63, 3.8) is 0 Å². The smallest absolute Gasteiger partial charge is 0.230 e. The number of carbonyl (C=O) groups is 2. The molecule has 1 saturated heterocycles. The van der Waals surface area contributed by atoms with Crippen molar-refractivity contribution in [2.45, 2.75) is 13.3 Å². The summed E-state index contributed by atoms with van der Waals surface area (Å²) >= 11 is 0. The standard InChI is InChI=1S/C14H19N3O3/c1-10-3-4-15-12(7-10)16-14(19)11-8-13(18)17(9-11)5-6-20-2/h3-4,7,11H,5-6,8-9H2,1-2H3,(H,15,16,19). The molecule has 0 radical (unpaired) electrons. The van der Waals surface area contributed by atoms with Gasteiger partial charge in [-0.15, -0.1) is 0 Å². The number of pyridine rings is 1. The van der Waals surface area contributed by atoms with Crippen LogP contribution in [0.25, 0.3) is 0 Å². The Labute approximate surface area is 118 Å². The van der Waals surface area contributed by atoms with Gasteiger partial charge >= 0.3 is 0 Å². The highest BCUT2D eigenvalue weighted by Crippen LogP contribution is 2.19. The molecular weight excluding hydrogens is 258 g/mol. The van der Waals surface area contributed by atoms with Gasteiger partial charge in [0, 0.05) is 32.8 Å². The van der Waals surface area contributed by atoms with Crippen LogP contribution in [0.4, 0.5) is 5.82 Å². The van der Waals surface area contributed by atoms with E-state index in [1.807, 2.05) is 13.0 Å². The van der Waals surface area contributed by atoms with Crippen LogP contribution in [0.3, 0.4) is 0 Å². The summed E-state index contributed by atoms with van der Waals surface area (Å²) in [5.41, 5.74) is 1.03. The van der Waals surface area contributed by atoms with Gasteiger partial charge in [0.25, 0.3) is 0 Å². The Bertz CT molecular complexity index is 504. The average molecular weight is 277 g/mol. The van der Waals surface area contributed by atoms with Gasteiger partial charge in [-0.1, -0.05) is 0 Å². The molecule has 1 aromatic heterocycles. The molecule has 6 heteroatoms. The van der Waals surface area contributed by atoms with E-state index >= 15 is 0 Å². The van der Waals surface area contributed by atoms with E-state index in [0.717, 1.165) is 5.56 Å². The number of hydrogen-bond donors (Lipinski definition) is 1. The zero-order valence-corrected chi connectivity index (χ0v) is 11.8. The van der Waals surface area contributed by atoms with Gasteiger partial charge in [0.2, 0.25) is 11.8 Å². The highest BCUT2D eigenvalue weighted by atomic mass is 16.5. The van der Waals surface area contributed by atoms with Crippen LogP contribution in [-0.2, 0) is 14.3 Å². The normalized spacial score (nSPS) is 18.4. The number of nitrogens with zero attached hydrogens (tertiary/aromatic N) is 2. The zero-order valence-electron chi connectivity index (χ0n) is 11.8. The molecule has 1 aromatic rings. The van der Waals surface area contributed by atoms with Gasteiger partial charge in [-0.3, -0.25) is 9.59 Å². The Morgan fingerprint density at radius 3 is 3.10 bits per heavy atom. The molecule has 108 valence electrons. The summed E-state index contributed by atoms with van der Waals surface area (Å²) in [6, 6.07) is 3.67. The van der Waals surface area contributed by atoms with Crippen LogP contribution in [0.1, 0.15) is 12.0 Å². The summed E-state index contributed by atoms with van der Waals surface area (Å²) in [6.45, 7) is 3.39. The van der Waals surface area contributed by atoms with Gasteiger partial charge in [0.15, 0.2) is 0 Å². The molecule has 1 fully saturated rings. The molecule has 0 aliphatic carbocycles. The Morgan fingerprint density at radius 1 is 1.60 bits per heavy atom. The molecule has 0 aromatic carbocycles. The lowest BCUT2D eigenvalue weighted by molar-refractivity contribution is -0.128. The number of nitrogens with one attached hydrogen (secondary N) is 1. The molecule has 1 aliphatic rings. The first-order valence-electron chi connectivity index (χ1n) is 6.60. The number of aromatic nitrogens is 1. The minimum Gasteiger partial charge on any atom is -0.383 e. The van der Waals surface area contributed by atoms with E-state index in [9.17, 15) is 9.59 Å². The number of hydrogen-bond acceptors (Lipinski definition) is 4. The van der Waals surface area contributed by atoms with Crippen molar-refractivity contribution >= 4 is 17.6 Å². The van der Waals surface area contributed by atoms with Crippen LogP contribution < -0.4 is 5.32 Å². The number of amides is 2. The Kier molecular flexibility index (Phi) is 4.68. The SMILES string of the molecule is COCCN1CC(C(=O)Nc2cc(C)ccn2)CC1=O. The number of ether oxygens (including phenoxy) is 1. The highest BCUT2D eigenvalue weighted by molar-refractivity contribution is 5.96. The van der Waals surface area contributed by atoms with Crippen molar-refractivity contribution in [1.82, 2.24) is 9.88 Å². The summed E-state index contributed by atoms with van der Waals surface area (Å²) in [6.07, 6.45) is 1.90. The average Bonchev–Trinajstić information content (AvgIpc) is 2.78. The highest BCUT2D eigenvalue weighted by Gasteiger charge is 2.34. The third-order valence-electron chi connectivity index (χ3n) is 3.32. The Morgan fingerprint density at radius 2 is 2.40 bits per heavy atom. The minimum absolute atomic E-state index is 0.000554. The maximum absolute atomic E-state index is 12.1. The molecule has 0 bridgehead atoms. The van der Waals surface area contributed by atoms with Gasteiger partial charge in [-0.05, 0) is 24.6 Å². The second-order valence-corrected chi connectivity index (χ2v) is 4.94. The van der Waals surface area contributed by atoms with Crippen LogP contribution in [0.2, 0.25) is 0 Å². The summed E-state index contributed by atoms with van der Waals surface area (Å²) in [7, 11) is 1.59. The lowest BCUT2D eigenvalue weighted by Gasteiger charge is -2.15. The van der Waals surface area contributed by atoms with Gasteiger partial charge in [-0.25, -0.2) is 4.98 Å². The largest absolute Gasteiger partial charge is 0.383 e. The molecule has 1 N–H and O–H groups in total. The van der Waals surface area contributed by atoms with Crippen molar-refractivity contribution in [3.05, 3.63) is 23.9 Å². The topological polar surface area (TPSA) is 71.5 Å². The number of anilines is 1. The first-order chi connectivity index (χ1) is 9.60. The lowest BCUT2D eigenvalue weighted by Crippen LogP contribution is -2.30. The monoisotopic (exact) mass is 277 g/mol. The van der Waals surface area contributed by atoms with E-state index in [2.05, 4.69) is 10.3 Å². The van der Waals surface area contributed by atoms with Gasteiger partial charge in [-0.2, -0.15) is 0 Å². The predicted molar refractivity (Wildman–Crippen MR) is 74.2 cm³/mol. The molecule has 1 unspecified atom stereocenters. The molecule has 2 heterocycles. The molecule has 20 heavy (non-hydrogen) atoms. The van der Waals surface area contributed by atoms with E-state index < -0.39 is 0 Å². The van der Waals surface area contributed by atoms with Gasteiger partial charge < -0.3 is 15.0 Å². The van der Waals surface area contributed by atoms with E-state index in [4.69, 9.17) is 4.74 Å². The summed E-state index contributed by atoms with van der Waals surface area (Å²) in [5.74, 6) is 0.0511. The fourth-order valence-corrected chi connectivity index (χ4v) is 2.20. The molecule has 0 saturated carbocycles. The molecule has 0 spiro atoms. The van der Waals surface area contributed by atoms with E-state index in [1.165, 1.54) is 0 Å². The number of likely N-dealkylation sites (tertiary alicyclic amines) is 1. The number of methoxy groups -OCH3 is 1. The predicted octanol–water partition coefficient (Wildman–Crippen LogP) is 0.823. The first-order valence-corrected chi connectivity index (χ1v) is 6.60. The van der Waals surface area contributed by atoms with Crippen molar-refractivity contribution in [3.8, 4) is 0 Å². The third kappa shape index (κ3) is 3.54. The molecule has 2 amide bonds. The second kappa shape index (κ2) is 6.47. The minimum atomic E-state index is -0.318. The Balaban J connectivity index is 1.92. The fraction of sp³-hybridized carbons (Fsp3) is 0.500. The van der Waals surface area contributed by atoms with E-state index in [1.54, 1.807) is 24.3 Å². The van der Waals surface area contributed by atoms with Crippen molar-refractivity contribution in [2.24, 2.45) is 5.92 Å². The molecule has 6 nitrogen and oxygen atoms in total. The van der Waals surface area contributed by atoms with Crippen LogP contribution in [0.5, 0.6) is 0 Å². The zero-order chi connectivity index (χ0) is 14.5. The lowest BCUT2D eigenvalue weighted by atomic mass is 10.1. The third-order valence-corrected chi connectivity index (χ3v) is 3.32. The van der Waals surface area contributed by atoms with Crippen molar-refractivity contribution < 1.29 is 14.3 Å². The molecular formula is C14H19N3O3. The second-order valence-electron chi connectivity index (χ2n) is 4.94. The number of aryl methyl sites for hydroxylation is 1. The molecule has 1 atom stereocenters. The number of rotatable bonds is 5. The number of carbonyl (C=O) groups excluding carboxylic acids is 2. The van der Waals surface area contributed by atoms with E-state index in [0.29, 0.717) is 25.5 Å². The fourth-order valence-electron chi connectivity index (χ4n) is 2.20. The maximum atomic E-state index is 12.1. The van der Waals surface area contributed by atoms with Crippen molar-refractivity contribution in [1.29, 1.82) is 0 Å². The summed E-state index contributed by atoms with van der Waals surface area (Å²) in [4.78, 5) is 29.7. The first kappa shape index (κ1) is 14.5. The summed E-state index contributed by atoms with van der Waals surface area (Å²) in [5, 5.41) is 2.76. The molecule has 1 aliphatic heterocycles. The summed E-state index contributed by atoms with van der Waals surface area (Å²) < 4.78 is 4.95.